The molecule has 15 heavy (non-hydrogen) atoms. The summed E-state index contributed by atoms with van der Waals surface area (Å²) >= 11 is 0. The fourth-order valence-electron chi connectivity index (χ4n) is 0.677. The van der Waals surface area contributed by atoms with Crippen molar-refractivity contribution in [2.24, 2.45) is 10.9 Å². The van der Waals surface area contributed by atoms with E-state index in [0.717, 1.165) is 0 Å². The van der Waals surface area contributed by atoms with Crippen molar-refractivity contribution in [3.63, 3.8) is 0 Å². The molecule has 0 fully saturated rings. The molecular formula is C7H12F4N2O2. The van der Waals surface area contributed by atoms with E-state index >= 15 is 0 Å². The Labute approximate surface area is 83.7 Å². The van der Waals surface area contributed by atoms with Gasteiger partial charge in [0.1, 0.15) is 12.4 Å². The molecule has 0 heterocycles. The van der Waals surface area contributed by atoms with Crippen molar-refractivity contribution >= 4 is 5.84 Å². The minimum atomic E-state index is -4.13. The third kappa shape index (κ3) is 6.10. The Morgan fingerprint density at radius 3 is 2.53 bits per heavy atom. The number of oxime groups is 1. The summed E-state index contributed by atoms with van der Waals surface area (Å²) in [5.41, 5.74) is 5.07. The van der Waals surface area contributed by atoms with E-state index in [0.29, 0.717) is 0 Å². The molecule has 0 rings (SSSR count). The highest BCUT2D eigenvalue weighted by atomic mass is 19.3. The molecular weight excluding hydrogens is 220 g/mol. The van der Waals surface area contributed by atoms with E-state index in [2.05, 4.69) is 9.89 Å². The molecule has 0 atom stereocenters. The highest BCUT2D eigenvalue weighted by Crippen LogP contribution is 2.22. The van der Waals surface area contributed by atoms with Crippen molar-refractivity contribution in [1.82, 2.24) is 0 Å². The van der Waals surface area contributed by atoms with Crippen molar-refractivity contribution in [2.75, 3.05) is 13.2 Å². The Hall–Kier alpha value is -1.05. The van der Waals surface area contributed by atoms with Gasteiger partial charge in [0.15, 0.2) is 0 Å². The Bertz CT molecular complexity index is 211. The largest absolute Gasteiger partial charge is 0.409 e. The number of rotatable bonds is 7. The van der Waals surface area contributed by atoms with Crippen LogP contribution in [0.1, 0.15) is 12.8 Å². The fourth-order valence-corrected chi connectivity index (χ4v) is 0.677. The molecule has 0 aliphatic heterocycles. The summed E-state index contributed by atoms with van der Waals surface area (Å²) in [6.45, 7) is -1.49. The van der Waals surface area contributed by atoms with Crippen LogP contribution in [0.2, 0.25) is 0 Å². The van der Waals surface area contributed by atoms with Crippen LogP contribution in [0.5, 0.6) is 0 Å². The number of ether oxygens (including phenoxy) is 1. The molecule has 8 heteroatoms. The van der Waals surface area contributed by atoms with Crippen molar-refractivity contribution in [3.05, 3.63) is 0 Å². The number of hydrogen-bond acceptors (Lipinski definition) is 3. The lowest BCUT2D eigenvalue weighted by atomic mass is 10.3. The van der Waals surface area contributed by atoms with E-state index in [1.165, 1.54) is 0 Å². The lowest BCUT2D eigenvalue weighted by Gasteiger charge is -2.14. The van der Waals surface area contributed by atoms with Gasteiger partial charge in [-0.25, -0.2) is 8.78 Å². The molecule has 0 bridgehead atoms. The maximum Gasteiger partial charge on any atom is 0.330 e. The minimum Gasteiger partial charge on any atom is -0.409 e. The van der Waals surface area contributed by atoms with Crippen molar-refractivity contribution in [1.29, 1.82) is 0 Å². The topological polar surface area (TPSA) is 67.8 Å². The minimum absolute atomic E-state index is 0.0702. The monoisotopic (exact) mass is 232 g/mol. The number of halogens is 4. The van der Waals surface area contributed by atoms with Crippen molar-refractivity contribution < 1.29 is 27.5 Å². The molecule has 0 saturated heterocycles. The molecule has 0 spiro atoms. The second-order valence-corrected chi connectivity index (χ2v) is 2.81. The number of hydrogen-bond donors (Lipinski definition) is 2. The SMILES string of the molecule is N/C(CCCOCC(F)(F)C(F)F)=N\O. The number of alkyl halides is 4. The normalized spacial score (nSPS) is 13.5. The Kier molecular flexibility index (Phi) is 5.99. The van der Waals surface area contributed by atoms with Crippen LogP contribution >= 0.6 is 0 Å². The zero-order valence-corrected chi connectivity index (χ0v) is 7.80. The lowest BCUT2D eigenvalue weighted by molar-refractivity contribution is -0.165. The van der Waals surface area contributed by atoms with Gasteiger partial charge in [-0.3, -0.25) is 0 Å². The maximum atomic E-state index is 12.2. The zero-order chi connectivity index (χ0) is 11.9. The van der Waals surface area contributed by atoms with Crippen LogP contribution in [0.4, 0.5) is 17.6 Å². The highest BCUT2D eigenvalue weighted by Gasteiger charge is 2.40. The number of nitrogens with two attached hydrogens (primary N) is 1. The third-order valence-electron chi connectivity index (χ3n) is 1.46. The summed E-state index contributed by atoms with van der Waals surface area (Å²) in [6.07, 6.45) is -3.37. The molecule has 0 radical (unpaired) electrons. The smallest absolute Gasteiger partial charge is 0.330 e. The van der Waals surface area contributed by atoms with Gasteiger partial charge in [0, 0.05) is 13.0 Å². The van der Waals surface area contributed by atoms with Crippen LogP contribution in [0.25, 0.3) is 0 Å². The molecule has 0 unspecified atom stereocenters. The standard InChI is InChI=1S/C7H12F4N2O2/c8-6(9)7(10,11)4-15-3-1-2-5(12)13-14/h6,14H,1-4H2,(H2,12,13). The average Bonchev–Trinajstić information content (AvgIpc) is 2.16. The Morgan fingerprint density at radius 2 is 2.07 bits per heavy atom. The van der Waals surface area contributed by atoms with Crippen LogP contribution in [0.3, 0.4) is 0 Å². The molecule has 3 N–H and O–H groups in total. The van der Waals surface area contributed by atoms with Gasteiger partial charge in [0.05, 0.1) is 0 Å². The number of amidine groups is 1. The quantitative estimate of drug-likeness (QED) is 0.174. The van der Waals surface area contributed by atoms with Crippen LogP contribution in [0.15, 0.2) is 5.16 Å². The summed E-state index contributed by atoms with van der Waals surface area (Å²) in [5.74, 6) is -4.20. The van der Waals surface area contributed by atoms with Crippen molar-refractivity contribution in [3.8, 4) is 0 Å². The van der Waals surface area contributed by atoms with E-state index in [9.17, 15) is 17.6 Å². The van der Waals surface area contributed by atoms with Crippen LogP contribution < -0.4 is 5.73 Å². The van der Waals surface area contributed by atoms with Crippen LogP contribution in [-0.4, -0.2) is 36.6 Å². The lowest BCUT2D eigenvalue weighted by Crippen LogP contribution is -2.32. The van der Waals surface area contributed by atoms with Gasteiger partial charge in [-0.2, -0.15) is 8.78 Å². The zero-order valence-electron chi connectivity index (χ0n) is 7.80. The van der Waals surface area contributed by atoms with Gasteiger partial charge in [-0.05, 0) is 6.42 Å². The van der Waals surface area contributed by atoms with E-state index in [-0.39, 0.29) is 25.3 Å². The first-order valence-corrected chi connectivity index (χ1v) is 4.10. The Balaban J connectivity index is 3.55. The van der Waals surface area contributed by atoms with Crippen molar-refractivity contribution in [2.45, 2.75) is 25.2 Å². The molecule has 0 amide bonds. The molecule has 0 aromatic heterocycles. The molecule has 4 nitrogen and oxygen atoms in total. The van der Waals surface area contributed by atoms with Gasteiger partial charge >= 0.3 is 12.3 Å². The first-order chi connectivity index (χ1) is 6.90. The van der Waals surface area contributed by atoms with Gasteiger partial charge in [-0.15, -0.1) is 0 Å². The number of nitrogens with zero attached hydrogens (tertiary/aromatic N) is 1. The molecule has 90 valence electrons. The maximum absolute atomic E-state index is 12.2. The summed E-state index contributed by atoms with van der Waals surface area (Å²) in [5, 5.41) is 10.7. The molecule has 0 aromatic rings. The van der Waals surface area contributed by atoms with Crippen LogP contribution in [-0.2, 0) is 4.74 Å². The summed E-state index contributed by atoms with van der Waals surface area (Å²) < 4.78 is 52.0. The second-order valence-electron chi connectivity index (χ2n) is 2.81. The predicted octanol–water partition coefficient (Wildman–Crippen LogP) is 1.43. The van der Waals surface area contributed by atoms with E-state index in [1.807, 2.05) is 0 Å². The van der Waals surface area contributed by atoms with Gasteiger partial charge < -0.3 is 15.7 Å². The molecule has 0 aliphatic rings. The first-order valence-electron chi connectivity index (χ1n) is 4.10. The third-order valence-corrected chi connectivity index (χ3v) is 1.46. The summed E-state index contributed by atoms with van der Waals surface area (Å²) in [6, 6.07) is 0. The fraction of sp³-hybridized carbons (Fsp3) is 0.857. The molecule has 0 saturated carbocycles. The summed E-state index contributed by atoms with van der Waals surface area (Å²) in [4.78, 5) is 0. The van der Waals surface area contributed by atoms with E-state index in [1.54, 1.807) is 0 Å². The highest BCUT2D eigenvalue weighted by molar-refractivity contribution is 5.79. The van der Waals surface area contributed by atoms with E-state index < -0.39 is 19.0 Å². The van der Waals surface area contributed by atoms with Gasteiger partial charge in [-0.1, -0.05) is 5.16 Å². The van der Waals surface area contributed by atoms with Gasteiger partial charge in [0.2, 0.25) is 0 Å². The molecule has 0 aliphatic carbocycles. The molecule has 0 aromatic carbocycles. The Morgan fingerprint density at radius 1 is 1.47 bits per heavy atom. The van der Waals surface area contributed by atoms with E-state index in [4.69, 9.17) is 10.9 Å². The first kappa shape index (κ1) is 13.9. The second kappa shape index (κ2) is 6.44. The summed E-state index contributed by atoms with van der Waals surface area (Å²) in [7, 11) is 0. The predicted molar refractivity (Wildman–Crippen MR) is 44.4 cm³/mol. The van der Waals surface area contributed by atoms with Crippen LogP contribution in [0, 0.1) is 0 Å². The average molecular weight is 232 g/mol. The van der Waals surface area contributed by atoms with Gasteiger partial charge in [0.25, 0.3) is 0 Å².